The fourth-order valence-electron chi connectivity index (χ4n) is 2.16. The Morgan fingerprint density at radius 1 is 1.12 bits per heavy atom. The van der Waals surface area contributed by atoms with Gasteiger partial charge >= 0.3 is 0 Å². The number of benzene rings is 2. The number of hydrogen-bond acceptors (Lipinski definition) is 5. The van der Waals surface area contributed by atoms with Crippen molar-refractivity contribution >= 4 is 23.2 Å². The lowest BCUT2D eigenvalue weighted by Crippen LogP contribution is -2.32. The molecule has 1 amide bonds. The minimum absolute atomic E-state index is 0.101. The Kier molecular flexibility index (Phi) is 8.05. The molecule has 0 aliphatic carbocycles. The highest BCUT2D eigenvalue weighted by Crippen LogP contribution is 2.32. The number of amides is 1. The molecule has 0 bridgehead atoms. The minimum atomic E-state index is -0.144. The second kappa shape index (κ2) is 10.5. The van der Waals surface area contributed by atoms with Crippen molar-refractivity contribution in [2.75, 3.05) is 38.7 Å². The zero-order valence-corrected chi connectivity index (χ0v) is 15.6. The van der Waals surface area contributed by atoms with E-state index in [0.29, 0.717) is 42.0 Å². The highest BCUT2D eigenvalue weighted by atomic mass is 35.5. The maximum atomic E-state index is 11.8. The Labute approximate surface area is 158 Å². The molecule has 0 fully saturated rings. The second-order valence-electron chi connectivity index (χ2n) is 5.34. The first kappa shape index (κ1) is 19.9. The van der Waals surface area contributed by atoms with Crippen LogP contribution in [0.5, 0.6) is 17.2 Å². The summed E-state index contributed by atoms with van der Waals surface area (Å²) in [6.07, 6.45) is 0. The molecule has 0 aromatic heterocycles. The monoisotopic (exact) mass is 378 g/mol. The molecule has 2 aromatic carbocycles. The second-order valence-corrected chi connectivity index (χ2v) is 5.78. The van der Waals surface area contributed by atoms with Gasteiger partial charge in [0, 0.05) is 18.7 Å². The van der Waals surface area contributed by atoms with Crippen LogP contribution in [0.1, 0.15) is 6.92 Å². The summed E-state index contributed by atoms with van der Waals surface area (Å²) in [7, 11) is 1.58. The van der Waals surface area contributed by atoms with Gasteiger partial charge in [-0.25, -0.2) is 0 Å². The molecule has 2 aromatic rings. The average Bonchev–Trinajstić information content (AvgIpc) is 2.64. The third kappa shape index (κ3) is 6.46. The Hall–Kier alpha value is -2.44. The summed E-state index contributed by atoms with van der Waals surface area (Å²) in [5, 5.41) is 6.33. The summed E-state index contributed by atoms with van der Waals surface area (Å²) in [5.41, 5.74) is 0.633. The van der Waals surface area contributed by atoms with Gasteiger partial charge in [-0.3, -0.25) is 4.79 Å². The van der Waals surface area contributed by atoms with Gasteiger partial charge < -0.3 is 24.8 Å². The van der Waals surface area contributed by atoms with E-state index in [1.54, 1.807) is 25.3 Å². The first-order valence-electron chi connectivity index (χ1n) is 8.32. The predicted molar refractivity (Wildman–Crippen MR) is 103 cm³/mol. The fraction of sp³-hybridized carbons (Fsp3) is 0.316. The molecule has 0 spiro atoms. The van der Waals surface area contributed by atoms with Crippen LogP contribution in [0, 0.1) is 0 Å². The Morgan fingerprint density at radius 3 is 2.54 bits per heavy atom. The van der Waals surface area contributed by atoms with E-state index in [-0.39, 0.29) is 12.5 Å². The number of carbonyl (C=O) groups is 1. The van der Waals surface area contributed by atoms with Crippen molar-refractivity contribution in [2.24, 2.45) is 0 Å². The Bertz CT molecular complexity index is 707. The van der Waals surface area contributed by atoms with Crippen LogP contribution in [0.4, 0.5) is 5.69 Å². The van der Waals surface area contributed by atoms with Gasteiger partial charge in [0.05, 0.1) is 25.4 Å². The smallest absolute Gasteiger partial charge is 0.239 e. The summed E-state index contributed by atoms with van der Waals surface area (Å²) < 4.78 is 16.2. The van der Waals surface area contributed by atoms with Crippen molar-refractivity contribution in [3.8, 4) is 17.2 Å². The van der Waals surface area contributed by atoms with E-state index in [4.69, 9.17) is 25.8 Å². The van der Waals surface area contributed by atoms with E-state index in [1.807, 2.05) is 31.2 Å². The summed E-state index contributed by atoms with van der Waals surface area (Å²) in [6.45, 7) is 3.57. The van der Waals surface area contributed by atoms with E-state index in [2.05, 4.69) is 10.6 Å². The van der Waals surface area contributed by atoms with Gasteiger partial charge in [0.2, 0.25) is 5.91 Å². The number of anilines is 1. The summed E-state index contributed by atoms with van der Waals surface area (Å²) in [5.74, 6) is 1.86. The minimum Gasteiger partial charge on any atom is -0.494 e. The van der Waals surface area contributed by atoms with Crippen molar-refractivity contribution in [3.05, 3.63) is 47.5 Å². The quantitative estimate of drug-likeness (QED) is 0.617. The number of nitrogens with one attached hydrogen (secondary N) is 2. The molecule has 0 radical (unpaired) electrons. The van der Waals surface area contributed by atoms with Gasteiger partial charge in [-0.1, -0.05) is 11.6 Å². The largest absolute Gasteiger partial charge is 0.494 e. The molecule has 0 heterocycles. The number of ether oxygens (including phenoxy) is 3. The molecule has 0 aliphatic heterocycles. The molecular formula is C19H23ClN2O4. The van der Waals surface area contributed by atoms with Crippen LogP contribution < -0.4 is 20.1 Å². The normalized spacial score (nSPS) is 10.3. The summed E-state index contributed by atoms with van der Waals surface area (Å²) in [6, 6.07) is 12.5. The molecule has 140 valence electrons. The molecule has 0 atom stereocenters. The van der Waals surface area contributed by atoms with Gasteiger partial charge in [0.1, 0.15) is 11.5 Å². The number of methoxy groups -OCH3 is 1. The number of hydrogen-bond donors (Lipinski definition) is 2. The van der Waals surface area contributed by atoms with Crippen LogP contribution >= 0.6 is 11.6 Å². The zero-order chi connectivity index (χ0) is 18.8. The molecule has 6 nitrogen and oxygen atoms in total. The molecule has 2 N–H and O–H groups in total. The fourth-order valence-corrected chi connectivity index (χ4v) is 2.33. The molecule has 0 saturated heterocycles. The number of rotatable bonds is 10. The topological polar surface area (TPSA) is 68.8 Å². The third-order valence-electron chi connectivity index (χ3n) is 3.37. The molecule has 0 unspecified atom stereocenters. The number of carbonyl (C=O) groups excluding carboxylic acids is 1. The zero-order valence-electron chi connectivity index (χ0n) is 14.9. The van der Waals surface area contributed by atoms with E-state index < -0.39 is 0 Å². The van der Waals surface area contributed by atoms with E-state index in [9.17, 15) is 4.79 Å². The van der Waals surface area contributed by atoms with Gasteiger partial charge in [-0.2, -0.15) is 0 Å². The average molecular weight is 379 g/mol. The molecular weight excluding hydrogens is 356 g/mol. The molecule has 2 rings (SSSR count). The Balaban J connectivity index is 2.01. The highest BCUT2D eigenvalue weighted by molar-refractivity contribution is 6.30. The SMILES string of the molecule is CCOc1ccc(Oc2ccc(Cl)cc2NCC(=O)NCCOC)cc1. The number of halogens is 1. The third-order valence-corrected chi connectivity index (χ3v) is 3.61. The lowest BCUT2D eigenvalue weighted by atomic mass is 10.2. The van der Waals surface area contributed by atoms with Gasteiger partial charge in [0.25, 0.3) is 0 Å². The van der Waals surface area contributed by atoms with Crippen molar-refractivity contribution in [1.82, 2.24) is 5.32 Å². The molecule has 0 saturated carbocycles. The molecule has 0 aliphatic rings. The van der Waals surface area contributed by atoms with E-state index in [0.717, 1.165) is 5.75 Å². The van der Waals surface area contributed by atoms with Crippen molar-refractivity contribution < 1.29 is 19.0 Å². The lowest BCUT2D eigenvalue weighted by Gasteiger charge is -2.14. The van der Waals surface area contributed by atoms with Crippen molar-refractivity contribution in [1.29, 1.82) is 0 Å². The van der Waals surface area contributed by atoms with Crippen LogP contribution in [0.15, 0.2) is 42.5 Å². The van der Waals surface area contributed by atoms with Crippen molar-refractivity contribution in [3.63, 3.8) is 0 Å². The first-order chi connectivity index (χ1) is 12.6. The van der Waals surface area contributed by atoms with E-state index in [1.165, 1.54) is 0 Å². The summed E-state index contributed by atoms with van der Waals surface area (Å²) >= 11 is 6.06. The van der Waals surface area contributed by atoms with Crippen LogP contribution in [0.25, 0.3) is 0 Å². The van der Waals surface area contributed by atoms with Gasteiger partial charge in [-0.05, 0) is 49.4 Å². The highest BCUT2D eigenvalue weighted by Gasteiger charge is 2.08. The first-order valence-corrected chi connectivity index (χ1v) is 8.70. The van der Waals surface area contributed by atoms with Gasteiger partial charge in [-0.15, -0.1) is 0 Å². The van der Waals surface area contributed by atoms with Crippen LogP contribution in [-0.4, -0.2) is 39.3 Å². The van der Waals surface area contributed by atoms with E-state index >= 15 is 0 Å². The molecule has 7 heteroatoms. The van der Waals surface area contributed by atoms with Crippen molar-refractivity contribution in [2.45, 2.75) is 6.92 Å². The molecule has 26 heavy (non-hydrogen) atoms. The lowest BCUT2D eigenvalue weighted by molar-refractivity contribution is -0.119. The predicted octanol–water partition coefficient (Wildman–Crippen LogP) is 3.71. The maximum Gasteiger partial charge on any atom is 0.239 e. The summed E-state index contributed by atoms with van der Waals surface area (Å²) in [4.78, 5) is 11.8. The maximum absolute atomic E-state index is 11.8. The van der Waals surface area contributed by atoms with Crippen LogP contribution in [0.3, 0.4) is 0 Å². The van der Waals surface area contributed by atoms with Crippen LogP contribution in [-0.2, 0) is 9.53 Å². The van der Waals surface area contributed by atoms with Gasteiger partial charge in [0.15, 0.2) is 5.75 Å². The Morgan fingerprint density at radius 2 is 1.85 bits per heavy atom. The standard InChI is InChI=1S/C19H23ClN2O4/c1-3-25-15-5-7-16(8-6-15)26-18-9-4-14(20)12-17(18)22-13-19(23)21-10-11-24-2/h4-9,12,22H,3,10-11,13H2,1-2H3,(H,21,23). The van der Waals surface area contributed by atoms with Crippen LogP contribution in [0.2, 0.25) is 5.02 Å².